The Balaban J connectivity index is 1.56. The molecule has 1 aliphatic heterocycles. The van der Waals surface area contributed by atoms with Crippen LogP contribution in [0.4, 0.5) is 11.4 Å². The van der Waals surface area contributed by atoms with E-state index < -0.39 is 0 Å². The smallest absolute Gasteiger partial charge is 0.248 e. The molecule has 0 spiro atoms. The van der Waals surface area contributed by atoms with Gasteiger partial charge in [0.05, 0.1) is 6.10 Å². The van der Waals surface area contributed by atoms with Crippen molar-refractivity contribution in [3.63, 3.8) is 0 Å². The second kappa shape index (κ2) is 7.79. The predicted octanol–water partition coefficient (Wildman–Crippen LogP) is 3.56. The predicted molar refractivity (Wildman–Crippen MR) is 98.2 cm³/mol. The number of benzene rings is 2. The zero-order valence-electron chi connectivity index (χ0n) is 13.8. The number of ether oxygens (including phenoxy) is 1. The van der Waals surface area contributed by atoms with Crippen molar-refractivity contribution in [2.75, 3.05) is 30.4 Å². The zero-order valence-corrected chi connectivity index (χ0v) is 13.8. The first-order valence-corrected chi connectivity index (χ1v) is 8.16. The van der Waals surface area contributed by atoms with Gasteiger partial charge in [0.2, 0.25) is 5.91 Å². The number of carbonyl (C=O) groups excluding carboxylic acids is 1. The molecular weight excluding hydrogens is 300 g/mol. The zero-order chi connectivity index (χ0) is 16.8. The summed E-state index contributed by atoms with van der Waals surface area (Å²) in [7, 11) is 1.76. The van der Waals surface area contributed by atoms with E-state index in [4.69, 9.17) is 4.74 Å². The number of methoxy groups -OCH3 is 1. The summed E-state index contributed by atoms with van der Waals surface area (Å²) in [6, 6.07) is 17.7. The van der Waals surface area contributed by atoms with Crippen LogP contribution in [0.15, 0.2) is 60.7 Å². The number of nitrogens with one attached hydrogen (secondary N) is 1. The summed E-state index contributed by atoms with van der Waals surface area (Å²) in [6.07, 6.45) is 4.72. The van der Waals surface area contributed by atoms with Crippen LogP contribution in [0, 0.1) is 0 Å². The maximum absolute atomic E-state index is 12.0. The number of hydrogen-bond donors (Lipinski definition) is 1. The molecule has 0 aromatic heterocycles. The van der Waals surface area contributed by atoms with E-state index in [1.807, 2.05) is 54.6 Å². The SMILES string of the molecule is COC1CCN(c2ccc(NC(=O)C=Cc3ccccc3)cc2)C1. The van der Waals surface area contributed by atoms with Crippen LogP contribution in [0.5, 0.6) is 0 Å². The van der Waals surface area contributed by atoms with Crippen molar-refractivity contribution in [1.82, 2.24) is 0 Å². The summed E-state index contributed by atoms with van der Waals surface area (Å²) in [5.41, 5.74) is 2.96. The van der Waals surface area contributed by atoms with Crippen LogP contribution < -0.4 is 10.2 Å². The molecule has 1 atom stereocenters. The largest absolute Gasteiger partial charge is 0.380 e. The molecule has 0 saturated carbocycles. The Labute approximate surface area is 142 Å². The molecule has 1 fully saturated rings. The summed E-state index contributed by atoms with van der Waals surface area (Å²) in [6.45, 7) is 1.92. The normalized spacial score (nSPS) is 17.4. The van der Waals surface area contributed by atoms with E-state index >= 15 is 0 Å². The van der Waals surface area contributed by atoms with Gasteiger partial charge in [-0.25, -0.2) is 0 Å². The topological polar surface area (TPSA) is 41.6 Å². The maximum atomic E-state index is 12.0. The van der Waals surface area contributed by atoms with Gasteiger partial charge in [-0.3, -0.25) is 4.79 Å². The molecule has 3 rings (SSSR count). The molecule has 4 heteroatoms. The van der Waals surface area contributed by atoms with Crippen LogP contribution in [0.2, 0.25) is 0 Å². The van der Waals surface area contributed by atoms with Crippen molar-refractivity contribution in [2.24, 2.45) is 0 Å². The molecule has 1 saturated heterocycles. The third-order valence-corrected chi connectivity index (χ3v) is 4.21. The quantitative estimate of drug-likeness (QED) is 0.856. The fraction of sp³-hybridized carbons (Fsp3) is 0.250. The lowest BCUT2D eigenvalue weighted by atomic mass is 10.2. The molecule has 1 aliphatic rings. The van der Waals surface area contributed by atoms with Gasteiger partial charge in [0, 0.05) is 37.7 Å². The van der Waals surface area contributed by atoms with Crippen LogP contribution in [-0.2, 0) is 9.53 Å². The molecule has 4 nitrogen and oxygen atoms in total. The van der Waals surface area contributed by atoms with Gasteiger partial charge in [-0.05, 0) is 42.3 Å². The minimum atomic E-state index is -0.132. The van der Waals surface area contributed by atoms with Crippen LogP contribution in [0.1, 0.15) is 12.0 Å². The molecule has 24 heavy (non-hydrogen) atoms. The highest BCUT2D eigenvalue weighted by Crippen LogP contribution is 2.23. The molecule has 2 aromatic rings. The van der Waals surface area contributed by atoms with E-state index in [0.29, 0.717) is 6.10 Å². The standard InChI is InChI=1S/C20H22N2O2/c1-24-19-13-14-22(15-19)18-10-8-17(9-11-18)21-20(23)12-7-16-5-3-2-4-6-16/h2-12,19H,13-15H2,1H3,(H,21,23). The van der Waals surface area contributed by atoms with Crippen molar-refractivity contribution in [2.45, 2.75) is 12.5 Å². The molecule has 0 aliphatic carbocycles. The Morgan fingerprint density at radius 1 is 1.17 bits per heavy atom. The van der Waals surface area contributed by atoms with Gasteiger partial charge in [-0.1, -0.05) is 30.3 Å². The molecular formula is C20H22N2O2. The van der Waals surface area contributed by atoms with E-state index in [9.17, 15) is 4.79 Å². The average Bonchev–Trinajstić information content (AvgIpc) is 3.11. The van der Waals surface area contributed by atoms with Crippen molar-refractivity contribution in [1.29, 1.82) is 0 Å². The highest BCUT2D eigenvalue weighted by Gasteiger charge is 2.21. The molecule has 124 valence electrons. The summed E-state index contributed by atoms with van der Waals surface area (Å²) >= 11 is 0. The van der Waals surface area contributed by atoms with Gasteiger partial charge in [-0.2, -0.15) is 0 Å². The van der Waals surface area contributed by atoms with E-state index in [-0.39, 0.29) is 5.91 Å². The highest BCUT2D eigenvalue weighted by atomic mass is 16.5. The molecule has 0 bridgehead atoms. The second-order valence-electron chi connectivity index (χ2n) is 5.87. The summed E-state index contributed by atoms with van der Waals surface area (Å²) < 4.78 is 5.40. The van der Waals surface area contributed by atoms with Gasteiger partial charge in [0.25, 0.3) is 0 Å². The Hall–Kier alpha value is -2.59. The fourth-order valence-electron chi connectivity index (χ4n) is 2.83. The average molecular weight is 322 g/mol. The van der Waals surface area contributed by atoms with Gasteiger partial charge in [0.15, 0.2) is 0 Å². The number of amides is 1. The molecule has 1 N–H and O–H groups in total. The van der Waals surface area contributed by atoms with E-state index in [1.54, 1.807) is 19.3 Å². The van der Waals surface area contributed by atoms with Gasteiger partial charge in [-0.15, -0.1) is 0 Å². The number of rotatable bonds is 5. The number of carbonyl (C=O) groups is 1. The Morgan fingerprint density at radius 2 is 1.92 bits per heavy atom. The van der Waals surface area contributed by atoms with E-state index in [1.165, 1.54) is 0 Å². The summed E-state index contributed by atoms with van der Waals surface area (Å²) in [5, 5.41) is 2.88. The molecule has 1 unspecified atom stereocenters. The Kier molecular flexibility index (Phi) is 5.29. The van der Waals surface area contributed by atoms with Crippen LogP contribution >= 0.6 is 0 Å². The Bertz CT molecular complexity index is 695. The minimum absolute atomic E-state index is 0.132. The number of nitrogens with zero attached hydrogens (tertiary/aromatic N) is 1. The second-order valence-corrected chi connectivity index (χ2v) is 5.87. The van der Waals surface area contributed by atoms with Gasteiger partial charge >= 0.3 is 0 Å². The third kappa shape index (κ3) is 4.24. The lowest BCUT2D eigenvalue weighted by molar-refractivity contribution is -0.111. The van der Waals surface area contributed by atoms with Gasteiger partial charge in [0.1, 0.15) is 0 Å². The highest BCUT2D eigenvalue weighted by molar-refractivity contribution is 6.02. The molecule has 1 heterocycles. The molecule has 0 radical (unpaired) electrons. The third-order valence-electron chi connectivity index (χ3n) is 4.21. The minimum Gasteiger partial charge on any atom is -0.380 e. The number of anilines is 2. The summed E-state index contributed by atoms with van der Waals surface area (Å²) in [4.78, 5) is 14.3. The van der Waals surface area contributed by atoms with E-state index in [0.717, 1.165) is 36.4 Å². The van der Waals surface area contributed by atoms with E-state index in [2.05, 4.69) is 10.2 Å². The van der Waals surface area contributed by atoms with Crippen molar-refractivity contribution in [3.8, 4) is 0 Å². The fourth-order valence-corrected chi connectivity index (χ4v) is 2.83. The van der Waals surface area contributed by atoms with Crippen molar-refractivity contribution < 1.29 is 9.53 Å². The van der Waals surface area contributed by atoms with Crippen LogP contribution in [0.25, 0.3) is 6.08 Å². The molecule has 1 amide bonds. The first-order valence-electron chi connectivity index (χ1n) is 8.16. The Morgan fingerprint density at radius 3 is 2.58 bits per heavy atom. The lowest BCUT2D eigenvalue weighted by Gasteiger charge is -2.18. The van der Waals surface area contributed by atoms with Gasteiger partial charge < -0.3 is 15.0 Å². The van der Waals surface area contributed by atoms with Crippen molar-refractivity contribution in [3.05, 3.63) is 66.2 Å². The van der Waals surface area contributed by atoms with Crippen LogP contribution in [-0.4, -0.2) is 32.2 Å². The van der Waals surface area contributed by atoms with Crippen molar-refractivity contribution >= 4 is 23.4 Å². The summed E-state index contributed by atoms with van der Waals surface area (Å²) in [5.74, 6) is -0.132. The van der Waals surface area contributed by atoms with Crippen LogP contribution in [0.3, 0.4) is 0 Å². The lowest BCUT2D eigenvalue weighted by Crippen LogP contribution is -2.22. The first-order chi connectivity index (χ1) is 11.7. The number of hydrogen-bond acceptors (Lipinski definition) is 3. The maximum Gasteiger partial charge on any atom is 0.248 e. The first kappa shape index (κ1) is 16.3. The molecule has 2 aromatic carbocycles. The monoisotopic (exact) mass is 322 g/mol.